The molecule has 0 saturated heterocycles. The molecule has 1 aromatic carbocycles. The van der Waals surface area contributed by atoms with Crippen molar-refractivity contribution in [2.75, 3.05) is 7.11 Å². The number of rotatable bonds is 1. The van der Waals surface area contributed by atoms with Crippen LogP contribution in [0.25, 0.3) is 0 Å². The molecule has 0 heterocycles. The average molecular weight is 205 g/mol. The van der Waals surface area contributed by atoms with Crippen LogP contribution in [0.1, 0.15) is 29.5 Å². The summed E-state index contributed by atoms with van der Waals surface area (Å²) in [5.74, 6) is 0.368. The summed E-state index contributed by atoms with van der Waals surface area (Å²) in [6.07, 6.45) is 3.03. The largest absolute Gasteiger partial charge is 0.508 e. The van der Waals surface area contributed by atoms with Crippen LogP contribution in [0.15, 0.2) is 17.3 Å². The van der Waals surface area contributed by atoms with Crippen LogP contribution in [0.3, 0.4) is 0 Å². The fourth-order valence-corrected chi connectivity index (χ4v) is 2.11. The van der Waals surface area contributed by atoms with Crippen LogP contribution >= 0.6 is 0 Å². The number of phenolic OH excluding ortho intramolecular Hbond substituents is 1. The first-order chi connectivity index (χ1) is 7.24. The second-order valence-electron chi connectivity index (χ2n) is 3.81. The normalized spacial score (nSPS) is 17.6. The van der Waals surface area contributed by atoms with Gasteiger partial charge in [-0.1, -0.05) is 5.16 Å². The predicted octanol–water partition coefficient (Wildman–Crippen LogP) is 2.39. The Kier molecular flexibility index (Phi) is 2.62. The van der Waals surface area contributed by atoms with E-state index in [9.17, 15) is 5.11 Å². The minimum Gasteiger partial charge on any atom is -0.508 e. The minimum atomic E-state index is 0.368. The zero-order chi connectivity index (χ0) is 10.8. The Morgan fingerprint density at radius 1 is 1.33 bits per heavy atom. The van der Waals surface area contributed by atoms with E-state index in [0.29, 0.717) is 5.75 Å². The lowest BCUT2D eigenvalue weighted by Crippen LogP contribution is -2.13. The Hall–Kier alpha value is -1.51. The maximum atomic E-state index is 9.62. The van der Waals surface area contributed by atoms with E-state index in [0.717, 1.165) is 36.1 Å². The highest BCUT2D eigenvalue weighted by atomic mass is 16.6. The molecule has 0 bridgehead atoms. The highest BCUT2D eigenvalue weighted by Gasteiger charge is 2.19. The fourth-order valence-electron chi connectivity index (χ4n) is 2.11. The number of phenols is 1. The van der Waals surface area contributed by atoms with Gasteiger partial charge in [-0.2, -0.15) is 0 Å². The second-order valence-corrected chi connectivity index (χ2v) is 3.81. The van der Waals surface area contributed by atoms with Crippen LogP contribution in [-0.4, -0.2) is 17.9 Å². The maximum absolute atomic E-state index is 9.62. The van der Waals surface area contributed by atoms with Crippen molar-refractivity contribution in [2.45, 2.75) is 26.2 Å². The molecule has 3 heteroatoms. The number of fused-ring (bicyclic) bond motifs is 1. The first kappa shape index (κ1) is 10.0. The van der Waals surface area contributed by atoms with Gasteiger partial charge in [-0.25, -0.2) is 0 Å². The molecular weight excluding hydrogens is 190 g/mol. The van der Waals surface area contributed by atoms with Crippen LogP contribution in [0.4, 0.5) is 0 Å². The van der Waals surface area contributed by atoms with Crippen LogP contribution in [0, 0.1) is 6.92 Å². The van der Waals surface area contributed by atoms with E-state index in [1.807, 2.05) is 13.0 Å². The zero-order valence-corrected chi connectivity index (χ0v) is 9.08. The monoisotopic (exact) mass is 205 g/mol. The summed E-state index contributed by atoms with van der Waals surface area (Å²) in [7, 11) is 1.56. The van der Waals surface area contributed by atoms with Crippen molar-refractivity contribution in [2.24, 2.45) is 5.16 Å². The van der Waals surface area contributed by atoms with E-state index in [2.05, 4.69) is 5.16 Å². The summed E-state index contributed by atoms with van der Waals surface area (Å²) < 4.78 is 0. The molecule has 0 aliphatic heterocycles. The highest BCUT2D eigenvalue weighted by Crippen LogP contribution is 2.29. The van der Waals surface area contributed by atoms with Gasteiger partial charge in [-0.05, 0) is 49.4 Å². The van der Waals surface area contributed by atoms with Crippen molar-refractivity contribution in [3.05, 3.63) is 28.8 Å². The molecule has 1 aromatic rings. The molecule has 1 aliphatic carbocycles. The lowest BCUT2D eigenvalue weighted by Gasteiger charge is -2.19. The van der Waals surface area contributed by atoms with Gasteiger partial charge >= 0.3 is 0 Å². The molecule has 2 rings (SSSR count). The quantitative estimate of drug-likeness (QED) is 0.715. The lowest BCUT2D eigenvalue weighted by molar-refractivity contribution is 0.212. The van der Waals surface area contributed by atoms with Gasteiger partial charge < -0.3 is 9.94 Å². The summed E-state index contributed by atoms with van der Waals surface area (Å²) in [6.45, 7) is 1.95. The SMILES string of the molecule is CO/N=C1\CCCc2c1ccc(O)c2C. The molecular formula is C12H15NO2. The molecule has 1 aliphatic rings. The smallest absolute Gasteiger partial charge is 0.118 e. The molecule has 0 spiro atoms. The van der Waals surface area contributed by atoms with E-state index in [1.165, 1.54) is 5.56 Å². The molecule has 0 amide bonds. The van der Waals surface area contributed by atoms with Crippen LogP contribution in [-0.2, 0) is 11.3 Å². The summed E-state index contributed by atoms with van der Waals surface area (Å²) in [6, 6.07) is 3.65. The van der Waals surface area contributed by atoms with E-state index < -0.39 is 0 Å². The molecule has 0 radical (unpaired) electrons. The van der Waals surface area contributed by atoms with Gasteiger partial charge in [0.05, 0.1) is 5.71 Å². The van der Waals surface area contributed by atoms with Gasteiger partial charge in [0.15, 0.2) is 0 Å². The summed E-state index contributed by atoms with van der Waals surface area (Å²) in [4.78, 5) is 4.83. The molecule has 80 valence electrons. The standard InChI is InChI=1S/C12H15NO2/c1-8-9-4-3-5-11(13-15-2)10(9)6-7-12(8)14/h6-7,14H,3-5H2,1-2H3/b13-11+. The van der Waals surface area contributed by atoms with Crippen molar-refractivity contribution in [1.82, 2.24) is 0 Å². The fraction of sp³-hybridized carbons (Fsp3) is 0.417. The Labute approximate surface area is 89.4 Å². The van der Waals surface area contributed by atoms with Crippen LogP contribution in [0.2, 0.25) is 0 Å². The molecule has 0 unspecified atom stereocenters. The van der Waals surface area contributed by atoms with Crippen molar-refractivity contribution < 1.29 is 9.94 Å². The molecule has 0 aromatic heterocycles. The Balaban J connectivity index is 2.54. The lowest BCUT2D eigenvalue weighted by atomic mass is 9.87. The number of aromatic hydroxyl groups is 1. The highest BCUT2D eigenvalue weighted by molar-refractivity contribution is 6.02. The van der Waals surface area contributed by atoms with Crippen molar-refractivity contribution in [1.29, 1.82) is 0 Å². The first-order valence-electron chi connectivity index (χ1n) is 5.16. The third kappa shape index (κ3) is 1.69. The second kappa shape index (κ2) is 3.93. The Morgan fingerprint density at radius 2 is 2.13 bits per heavy atom. The molecule has 0 fully saturated rings. The van der Waals surface area contributed by atoms with Crippen LogP contribution in [0.5, 0.6) is 5.75 Å². The third-order valence-corrected chi connectivity index (χ3v) is 2.92. The average Bonchev–Trinajstić information content (AvgIpc) is 2.25. The van der Waals surface area contributed by atoms with Gasteiger partial charge in [0.1, 0.15) is 12.9 Å². The zero-order valence-electron chi connectivity index (χ0n) is 9.08. The predicted molar refractivity (Wildman–Crippen MR) is 59.3 cm³/mol. The number of oxime groups is 1. The van der Waals surface area contributed by atoms with Gasteiger partial charge in [-0.15, -0.1) is 0 Å². The van der Waals surface area contributed by atoms with Gasteiger partial charge in [-0.3, -0.25) is 0 Å². The van der Waals surface area contributed by atoms with Crippen LogP contribution < -0.4 is 0 Å². The molecule has 1 N–H and O–H groups in total. The molecule has 0 saturated carbocycles. The molecule has 3 nitrogen and oxygen atoms in total. The third-order valence-electron chi connectivity index (χ3n) is 2.92. The number of hydrogen-bond donors (Lipinski definition) is 1. The van der Waals surface area contributed by atoms with E-state index in [1.54, 1.807) is 13.2 Å². The number of hydrogen-bond acceptors (Lipinski definition) is 3. The van der Waals surface area contributed by atoms with Gasteiger partial charge in [0.2, 0.25) is 0 Å². The Bertz CT molecular complexity index is 410. The summed E-state index contributed by atoms with van der Waals surface area (Å²) in [5, 5.41) is 13.7. The number of nitrogens with zero attached hydrogens (tertiary/aromatic N) is 1. The van der Waals surface area contributed by atoms with E-state index in [-0.39, 0.29) is 0 Å². The van der Waals surface area contributed by atoms with Crippen molar-refractivity contribution in [3.63, 3.8) is 0 Å². The molecule has 15 heavy (non-hydrogen) atoms. The van der Waals surface area contributed by atoms with Crippen molar-refractivity contribution in [3.8, 4) is 5.75 Å². The van der Waals surface area contributed by atoms with E-state index >= 15 is 0 Å². The van der Waals surface area contributed by atoms with Gasteiger partial charge in [0.25, 0.3) is 0 Å². The number of benzene rings is 1. The minimum absolute atomic E-state index is 0.368. The maximum Gasteiger partial charge on any atom is 0.118 e. The van der Waals surface area contributed by atoms with E-state index in [4.69, 9.17) is 4.84 Å². The topological polar surface area (TPSA) is 41.8 Å². The molecule has 0 atom stereocenters. The Morgan fingerprint density at radius 3 is 2.87 bits per heavy atom. The van der Waals surface area contributed by atoms with Gasteiger partial charge in [0, 0.05) is 5.56 Å². The van der Waals surface area contributed by atoms with Crippen molar-refractivity contribution >= 4 is 5.71 Å². The first-order valence-corrected chi connectivity index (χ1v) is 5.16. The summed E-state index contributed by atoms with van der Waals surface area (Å²) in [5.41, 5.74) is 4.29. The summed E-state index contributed by atoms with van der Waals surface area (Å²) >= 11 is 0.